The van der Waals surface area contributed by atoms with Crippen LogP contribution in [0.1, 0.15) is 24.9 Å². The first kappa shape index (κ1) is 18.2. The van der Waals surface area contributed by atoms with Crippen molar-refractivity contribution in [1.29, 1.82) is 0 Å². The summed E-state index contributed by atoms with van der Waals surface area (Å²) in [5.41, 5.74) is 1.77. The molecule has 1 saturated heterocycles. The Balaban J connectivity index is 1.36. The van der Waals surface area contributed by atoms with E-state index in [-0.39, 0.29) is 30.4 Å². The minimum absolute atomic E-state index is 0.0296. The Labute approximate surface area is 163 Å². The van der Waals surface area contributed by atoms with Crippen LogP contribution >= 0.6 is 0 Å². The van der Waals surface area contributed by atoms with E-state index in [2.05, 4.69) is 10.6 Å². The quantitative estimate of drug-likeness (QED) is 0.853. The zero-order valence-corrected chi connectivity index (χ0v) is 15.7. The van der Waals surface area contributed by atoms with Crippen LogP contribution in [0.3, 0.4) is 0 Å². The zero-order chi connectivity index (χ0) is 19.5. The predicted octanol–water partition coefficient (Wildman–Crippen LogP) is 2.62. The van der Waals surface area contributed by atoms with Gasteiger partial charge in [-0.3, -0.25) is 4.79 Å². The van der Waals surface area contributed by atoms with Crippen molar-refractivity contribution < 1.29 is 19.1 Å². The van der Waals surface area contributed by atoms with Crippen LogP contribution in [-0.4, -0.2) is 37.7 Å². The Kier molecular flexibility index (Phi) is 5.06. The van der Waals surface area contributed by atoms with Gasteiger partial charge in [0.25, 0.3) is 0 Å². The molecular formula is C21H23N3O4. The summed E-state index contributed by atoms with van der Waals surface area (Å²) in [4.78, 5) is 26.5. The maximum atomic E-state index is 12.5. The van der Waals surface area contributed by atoms with E-state index in [1.165, 1.54) is 0 Å². The van der Waals surface area contributed by atoms with Crippen molar-refractivity contribution in [1.82, 2.24) is 10.6 Å². The Morgan fingerprint density at radius 2 is 1.86 bits per heavy atom. The molecule has 2 aliphatic rings. The first-order chi connectivity index (χ1) is 13.6. The summed E-state index contributed by atoms with van der Waals surface area (Å²) in [6, 6.07) is 14.6. The second-order valence-corrected chi connectivity index (χ2v) is 6.98. The fraction of sp³-hybridized carbons (Fsp3) is 0.333. The number of anilines is 1. The molecule has 7 heteroatoms. The van der Waals surface area contributed by atoms with Gasteiger partial charge in [-0.1, -0.05) is 30.3 Å². The first-order valence-electron chi connectivity index (χ1n) is 9.42. The van der Waals surface area contributed by atoms with Crippen LogP contribution in [0, 0.1) is 0 Å². The molecule has 2 atom stereocenters. The van der Waals surface area contributed by atoms with Crippen LogP contribution in [0.15, 0.2) is 48.5 Å². The smallest absolute Gasteiger partial charge is 0.315 e. The Morgan fingerprint density at radius 1 is 1.11 bits per heavy atom. The van der Waals surface area contributed by atoms with Crippen molar-refractivity contribution in [2.75, 3.05) is 24.7 Å². The number of benzene rings is 2. The van der Waals surface area contributed by atoms with Gasteiger partial charge in [0.05, 0.1) is 12.1 Å². The number of carbonyl (C=O) groups excluding carboxylic acids is 2. The summed E-state index contributed by atoms with van der Waals surface area (Å²) < 4.78 is 11.1. The van der Waals surface area contributed by atoms with Crippen molar-refractivity contribution in [3.05, 3.63) is 54.1 Å². The van der Waals surface area contributed by atoms with E-state index in [0.717, 1.165) is 11.3 Å². The lowest BCUT2D eigenvalue weighted by Crippen LogP contribution is -2.44. The molecule has 0 aliphatic carbocycles. The number of amides is 3. The average molecular weight is 381 g/mol. The second kappa shape index (κ2) is 7.80. The molecule has 2 aromatic carbocycles. The van der Waals surface area contributed by atoms with Crippen molar-refractivity contribution >= 4 is 17.6 Å². The van der Waals surface area contributed by atoms with Crippen molar-refractivity contribution in [3.8, 4) is 11.5 Å². The highest BCUT2D eigenvalue weighted by atomic mass is 16.6. The standard InChI is InChI=1S/C21H23N3O4/c1-14(15-5-3-2-4-6-15)22-21(26)23-16-11-20(25)24(13-16)17-7-8-18-19(12-17)28-10-9-27-18/h2-8,12,14,16H,9-11,13H2,1H3,(H2,22,23,26)/t14-,16-/m0/s1. The molecule has 0 saturated carbocycles. The van der Waals surface area contributed by atoms with Crippen LogP contribution in [0.2, 0.25) is 0 Å². The lowest BCUT2D eigenvalue weighted by molar-refractivity contribution is -0.117. The van der Waals surface area contributed by atoms with Gasteiger partial charge in [-0.2, -0.15) is 0 Å². The topological polar surface area (TPSA) is 79.9 Å². The third kappa shape index (κ3) is 3.88. The van der Waals surface area contributed by atoms with E-state index < -0.39 is 0 Å². The maximum absolute atomic E-state index is 12.5. The summed E-state index contributed by atoms with van der Waals surface area (Å²) >= 11 is 0. The summed E-state index contributed by atoms with van der Waals surface area (Å²) in [7, 11) is 0. The van der Waals surface area contributed by atoms with Gasteiger partial charge in [-0.25, -0.2) is 4.79 Å². The molecule has 0 aromatic heterocycles. The number of hydrogen-bond acceptors (Lipinski definition) is 4. The van der Waals surface area contributed by atoms with Crippen LogP contribution in [0.5, 0.6) is 11.5 Å². The van der Waals surface area contributed by atoms with Crippen molar-refractivity contribution in [2.24, 2.45) is 0 Å². The molecule has 0 spiro atoms. The Morgan fingerprint density at radius 3 is 2.64 bits per heavy atom. The molecule has 2 heterocycles. The zero-order valence-electron chi connectivity index (χ0n) is 15.7. The van der Waals surface area contributed by atoms with Crippen LogP contribution < -0.4 is 25.0 Å². The minimum atomic E-state index is -0.279. The van der Waals surface area contributed by atoms with Gasteiger partial charge in [0, 0.05) is 24.7 Å². The average Bonchev–Trinajstić information content (AvgIpc) is 3.08. The van der Waals surface area contributed by atoms with E-state index in [1.807, 2.05) is 55.5 Å². The van der Waals surface area contributed by atoms with Crippen LogP contribution in [0.25, 0.3) is 0 Å². The molecule has 1 fully saturated rings. The monoisotopic (exact) mass is 381 g/mol. The number of fused-ring (bicyclic) bond motifs is 1. The SMILES string of the molecule is C[C@H](NC(=O)N[C@H]1CC(=O)N(c2ccc3c(c2)OCCO3)C1)c1ccccc1. The van der Waals surface area contributed by atoms with Gasteiger partial charge < -0.3 is 25.0 Å². The largest absolute Gasteiger partial charge is 0.486 e. The van der Waals surface area contributed by atoms with E-state index in [0.29, 0.717) is 31.3 Å². The van der Waals surface area contributed by atoms with Gasteiger partial charge in [0.1, 0.15) is 13.2 Å². The second-order valence-electron chi connectivity index (χ2n) is 6.98. The van der Waals surface area contributed by atoms with Gasteiger partial charge >= 0.3 is 6.03 Å². The Hall–Kier alpha value is -3.22. The molecule has 4 rings (SSSR count). The van der Waals surface area contributed by atoms with Gasteiger partial charge in [0.15, 0.2) is 11.5 Å². The summed E-state index contributed by atoms with van der Waals surface area (Å²) in [5, 5.41) is 5.82. The highest BCUT2D eigenvalue weighted by molar-refractivity contribution is 5.97. The fourth-order valence-corrected chi connectivity index (χ4v) is 3.50. The van der Waals surface area contributed by atoms with Crippen LogP contribution in [-0.2, 0) is 4.79 Å². The number of rotatable bonds is 4. The maximum Gasteiger partial charge on any atom is 0.315 e. The molecule has 2 N–H and O–H groups in total. The summed E-state index contributed by atoms with van der Waals surface area (Å²) in [5.74, 6) is 1.30. The van der Waals surface area contributed by atoms with Crippen molar-refractivity contribution in [3.63, 3.8) is 0 Å². The number of carbonyl (C=O) groups is 2. The highest BCUT2D eigenvalue weighted by Crippen LogP contribution is 2.35. The molecule has 28 heavy (non-hydrogen) atoms. The normalized spacial score (nSPS) is 19.2. The highest BCUT2D eigenvalue weighted by Gasteiger charge is 2.32. The number of ether oxygens (including phenoxy) is 2. The number of hydrogen-bond donors (Lipinski definition) is 2. The fourth-order valence-electron chi connectivity index (χ4n) is 3.50. The molecule has 146 valence electrons. The lowest BCUT2D eigenvalue weighted by Gasteiger charge is -2.22. The lowest BCUT2D eigenvalue weighted by atomic mass is 10.1. The first-order valence-corrected chi connectivity index (χ1v) is 9.42. The van der Waals surface area contributed by atoms with Gasteiger partial charge in [-0.15, -0.1) is 0 Å². The third-order valence-corrected chi connectivity index (χ3v) is 4.94. The third-order valence-electron chi connectivity index (χ3n) is 4.94. The van der Waals surface area contributed by atoms with E-state index >= 15 is 0 Å². The predicted molar refractivity (Wildman–Crippen MR) is 105 cm³/mol. The molecule has 0 unspecified atom stereocenters. The van der Waals surface area contributed by atoms with Gasteiger partial charge in [0.2, 0.25) is 5.91 Å². The molecule has 0 radical (unpaired) electrons. The number of nitrogens with one attached hydrogen (secondary N) is 2. The Bertz CT molecular complexity index is 871. The van der Waals surface area contributed by atoms with E-state index in [1.54, 1.807) is 4.90 Å². The molecular weight excluding hydrogens is 358 g/mol. The number of urea groups is 1. The van der Waals surface area contributed by atoms with Crippen molar-refractivity contribution in [2.45, 2.75) is 25.4 Å². The molecule has 0 bridgehead atoms. The number of nitrogens with zero attached hydrogens (tertiary/aromatic N) is 1. The molecule has 2 aliphatic heterocycles. The molecule has 3 amide bonds. The molecule has 2 aromatic rings. The summed E-state index contributed by atoms with van der Waals surface area (Å²) in [6.07, 6.45) is 0.265. The van der Waals surface area contributed by atoms with E-state index in [9.17, 15) is 9.59 Å². The molecule has 7 nitrogen and oxygen atoms in total. The van der Waals surface area contributed by atoms with Crippen LogP contribution in [0.4, 0.5) is 10.5 Å². The summed E-state index contributed by atoms with van der Waals surface area (Å²) in [6.45, 7) is 3.37. The van der Waals surface area contributed by atoms with E-state index in [4.69, 9.17) is 9.47 Å². The minimum Gasteiger partial charge on any atom is -0.486 e. The van der Waals surface area contributed by atoms with Gasteiger partial charge in [-0.05, 0) is 24.6 Å².